The van der Waals surface area contributed by atoms with Gasteiger partial charge in [-0.05, 0) is 30.7 Å². The average Bonchev–Trinajstić information content (AvgIpc) is 2.57. The molecule has 6 nitrogen and oxygen atoms in total. The molecule has 0 saturated carbocycles. The molecular formula is C17H17Cl2N4O2-. The van der Waals surface area contributed by atoms with E-state index in [9.17, 15) is 0 Å². The van der Waals surface area contributed by atoms with Gasteiger partial charge in [-0.3, -0.25) is 0 Å². The molecule has 1 heterocycles. The molecule has 2 aromatic carbocycles. The Bertz CT molecular complexity index is 919. The fraction of sp³-hybridized carbons (Fsp3) is 0.176. The minimum Gasteiger partial charge on any atom is -1.00 e. The number of aromatic nitrogens is 2. The minimum atomic E-state index is 0. The van der Waals surface area contributed by atoms with E-state index < -0.39 is 0 Å². The Hall–Kier alpha value is -2.44. The molecule has 0 radical (unpaired) electrons. The van der Waals surface area contributed by atoms with Gasteiger partial charge in [0.05, 0.1) is 19.7 Å². The lowest BCUT2D eigenvalue weighted by atomic mass is 10.2. The van der Waals surface area contributed by atoms with Gasteiger partial charge in [0.1, 0.15) is 5.82 Å². The van der Waals surface area contributed by atoms with E-state index in [0.717, 1.165) is 11.3 Å². The molecule has 0 aliphatic heterocycles. The predicted molar refractivity (Wildman–Crippen MR) is 96.5 cm³/mol. The largest absolute Gasteiger partial charge is 1.00 e. The van der Waals surface area contributed by atoms with Crippen LogP contribution < -0.4 is 32.9 Å². The summed E-state index contributed by atoms with van der Waals surface area (Å²) in [5, 5.41) is 4.47. The molecule has 0 fully saturated rings. The van der Waals surface area contributed by atoms with Crippen LogP contribution in [0.2, 0.25) is 5.02 Å². The summed E-state index contributed by atoms with van der Waals surface area (Å²) in [6.07, 6.45) is 0. The predicted octanol–water partition coefficient (Wildman–Crippen LogP) is 0.939. The Labute approximate surface area is 156 Å². The molecule has 0 unspecified atom stereocenters. The van der Waals surface area contributed by atoms with Crippen molar-refractivity contribution in [2.45, 2.75) is 6.92 Å². The van der Waals surface area contributed by atoms with E-state index in [1.165, 1.54) is 0 Å². The average molecular weight is 380 g/mol. The zero-order valence-corrected chi connectivity index (χ0v) is 15.4. The number of nitrogens with one attached hydrogen (secondary N) is 1. The van der Waals surface area contributed by atoms with Crippen molar-refractivity contribution in [3.63, 3.8) is 0 Å². The molecule has 0 spiro atoms. The number of aryl methyl sites for hydroxylation is 1. The summed E-state index contributed by atoms with van der Waals surface area (Å²) in [6, 6.07) is 9.16. The number of nitrogens with two attached hydrogens (primary N) is 1. The van der Waals surface area contributed by atoms with Gasteiger partial charge in [-0.2, -0.15) is 4.98 Å². The van der Waals surface area contributed by atoms with Crippen molar-refractivity contribution in [1.82, 2.24) is 9.97 Å². The molecule has 25 heavy (non-hydrogen) atoms. The number of rotatable bonds is 4. The highest BCUT2D eigenvalue weighted by Gasteiger charge is 2.12. The van der Waals surface area contributed by atoms with Crippen LogP contribution in [0, 0.1) is 6.92 Å². The number of ether oxygens (including phenoxy) is 2. The number of hydrogen-bond donors (Lipinski definition) is 2. The molecule has 3 aromatic rings. The van der Waals surface area contributed by atoms with Gasteiger partial charge in [-0.1, -0.05) is 17.7 Å². The number of nitrogens with zero attached hydrogens (tertiary/aromatic N) is 2. The van der Waals surface area contributed by atoms with Crippen LogP contribution in [0.15, 0.2) is 30.3 Å². The third-order valence-corrected chi connectivity index (χ3v) is 4.07. The molecule has 1 aromatic heterocycles. The van der Waals surface area contributed by atoms with Crippen LogP contribution in [0.25, 0.3) is 10.9 Å². The number of fused-ring (bicyclic) bond motifs is 1. The lowest BCUT2D eigenvalue weighted by molar-refractivity contribution is -0.00000555. The second-order valence-corrected chi connectivity index (χ2v) is 5.65. The van der Waals surface area contributed by atoms with Crippen molar-refractivity contribution in [3.05, 3.63) is 40.9 Å². The molecular weight excluding hydrogens is 363 g/mol. The van der Waals surface area contributed by atoms with E-state index in [1.807, 2.05) is 25.1 Å². The van der Waals surface area contributed by atoms with Gasteiger partial charge in [0.15, 0.2) is 11.5 Å². The zero-order chi connectivity index (χ0) is 17.3. The topological polar surface area (TPSA) is 82.3 Å². The number of methoxy groups -OCH3 is 2. The van der Waals surface area contributed by atoms with Crippen molar-refractivity contribution < 1.29 is 21.9 Å². The molecule has 3 rings (SSSR count). The zero-order valence-electron chi connectivity index (χ0n) is 13.9. The number of nitrogen functional groups attached to an aromatic ring is 1. The van der Waals surface area contributed by atoms with Gasteiger partial charge in [0.2, 0.25) is 5.95 Å². The highest BCUT2D eigenvalue weighted by molar-refractivity contribution is 6.31. The van der Waals surface area contributed by atoms with E-state index in [4.69, 9.17) is 26.8 Å². The fourth-order valence-electron chi connectivity index (χ4n) is 2.33. The Kier molecular flexibility index (Phi) is 5.77. The summed E-state index contributed by atoms with van der Waals surface area (Å²) in [5.41, 5.74) is 8.50. The monoisotopic (exact) mass is 379 g/mol. The Morgan fingerprint density at radius 2 is 1.72 bits per heavy atom. The molecule has 3 N–H and O–H groups in total. The van der Waals surface area contributed by atoms with Crippen LogP contribution in [-0.4, -0.2) is 24.2 Å². The maximum absolute atomic E-state index is 6.14. The molecule has 0 atom stereocenters. The van der Waals surface area contributed by atoms with Crippen LogP contribution in [0.4, 0.5) is 17.5 Å². The number of halogens is 2. The van der Waals surface area contributed by atoms with Crippen molar-refractivity contribution >= 4 is 40.0 Å². The van der Waals surface area contributed by atoms with E-state index >= 15 is 0 Å². The van der Waals surface area contributed by atoms with Crippen molar-refractivity contribution in [1.29, 1.82) is 0 Å². The quantitative estimate of drug-likeness (QED) is 0.701. The summed E-state index contributed by atoms with van der Waals surface area (Å²) in [7, 11) is 3.14. The summed E-state index contributed by atoms with van der Waals surface area (Å²) >= 11 is 6.14. The van der Waals surface area contributed by atoms with Gasteiger partial charge < -0.3 is 32.9 Å². The first-order valence-corrected chi connectivity index (χ1v) is 7.62. The second kappa shape index (κ2) is 7.63. The van der Waals surface area contributed by atoms with Gasteiger partial charge in [-0.25, -0.2) is 4.98 Å². The third-order valence-electron chi connectivity index (χ3n) is 3.66. The summed E-state index contributed by atoms with van der Waals surface area (Å²) in [6.45, 7) is 1.94. The highest BCUT2D eigenvalue weighted by Crippen LogP contribution is 2.34. The van der Waals surface area contributed by atoms with Gasteiger partial charge in [-0.15, -0.1) is 0 Å². The van der Waals surface area contributed by atoms with Crippen LogP contribution in [0.3, 0.4) is 0 Å². The maximum Gasteiger partial charge on any atom is 0.229 e. The van der Waals surface area contributed by atoms with E-state index in [0.29, 0.717) is 39.2 Å². The standard InChI is InChI=1S/C17H17ClN4O2.ClH/c1-9-4-5-10(6-12(9)18)20-17-21-13-8-15(24-3)14(23-2)7-11(13)16(19)22-17;/h4-8H,1-3H3,(H3,19,20,21,22);1H/p-1. The maximum atomic E-state index is 6.14. The lowest BCUT2D eigenvalue weighted by Crippen LogP contribution is -3.00. The van der Waals surface area contributed by atoms with Gasteiger partial charge in [0.25, 0.3) is 0 Å². The van der Waals surface area contributed by atoms with E-state index in [2.05, 4.69) is 15.3 Å². The summed E-state index contributed by atoms with van der Waals surface area (Å²) < 4.78 is 10.6. The van der Waals surface area contributed by atoms with E-state index in [-0.39, 0.29) is 12.4 Å². The van der Waals surface area contributed by atoms with Crippen LogP contribution in [-0.2, 0) is 0 Å². The smallest absolute Gasteiger partial charge is 0.229 e. The Morgan fingerprint density at radius 1 is 1.04 bits per heavy atom. The molecule has 132 valence electrons. The molecule has 0 aliphatic carbocycles. The number of hydrogen-bond acceptors (Lipinski definition) is 6. The Balaban J connectivity index is 0.00000225. The molecule has 8 heteroatoms. The molecule has 0 bridgehead atoms. The first-order chi connectivity index (χ1) is 11.5. The summed E-state index contributed by atoms with van der Waals surface area (Å²) in [4.78, 5) is 8.78. The van der Waals surface area contributed by atoms with Gasteiger partial charge >= 0.3 is 0 Å². The van der Waals surface area contributed by atoms with Crippen LogP contribution in [0.5, 0.6) is 11.5 Å². The minimum absolute atomic E-state index is 0. The number of anilines is 3. The lowest BCUT2D eigenvalue weighted by Gasteiger charge is -2.12. The SMILES string of the molecule is COc1cc2nc(Nc3ccc(C)c(Cl)c3)nc(N)c2cc1OC.[Cl-]. The molecule has 0 aliphatic rings. The first kappa shape index (κ1) is 18.9. The van der Waals surface area contributed by atoms with E-state index in [1.54, 1.807) is 26.4 Å². The normalized spacial score (nSPS) is 10.2. The van der Waals surface area contributed by atoms with Crippen molar-refractivity contribution in [2.75, 3.05) is 25.3 Å². The molecule has 0 saturated heterocycles. The van der Waals surface area contributed by atoms with Crippen molar-refractivity contribution in [2.24, 2.45) is 0 Å². The van der Waals surface area contributed by atoms with Gasteiger partial charge in [0, 0.05) is 22.2 Å². The Morgan fingerprint density at radius 3 is 2.36 bits per heavy atom. The van der Waals surface area contributed by atoms with Crippen molar-refractivity contribution in [3.8, 4) is 11.5 Å². The number of benzene rings is 2. The fourth-order valence-corrected chi connectivity index (χ4v) is 2.52. The first-order valence-electron chi connectivity index (χ1n) is 7.24. The second-order valence-electron chi connectivity index (χ2n) is 5.25. The molecule has 0 amide bonds. The van der Waals surface area contributed by atoms with Crippen LogP contribution >= 0.6 is 11.6 Å². The highest BCUT2D eigenvalue weighted by atomic mass is 35.5. The summed E-state index contributed by atoms with van der Waals surface area (Å²) in [5.74, 6) is 1.88. The van der Waals surface area contributed by atoms with Crippen LogP contribution in [0.1, 0.15) is 5.56 Å². The third kappa shape index (κ3) is 3.81.